The molecular formula is C8H11FN2O4. The molecule has 0 unspecified atom stereocenters. The van der Waals surface area contributed by atoms with Crippen LogP contribution in [-0.4, -0.2) is 39.4 Å². The third kappa shape index (κ3) is 0.895. The summed E-state index contributed by atoms with van der Waals surface area (Å²) >= 11 is 0. The van der Waals surface area contributed by atoms with Crippen LogP contribution < -0.4 is 11.5 Å². The van der Waals surface area contributed by atoms with Crippen LogP contribution in [0.2, 0.25) is 0 Å². The number of nitrogens with two attached hydrogens (primary N) is 2. The van der Waals surface area contributed by atoms with Gasteiger partial charge in [-0.15, -0.1) is 0 Å². The highest BCUT2D eigenvalue weighted by Crippen LogP contribution is 2.66. The number of hydrogen-bond donors (Lipinski definition) is 4. The topological polar surface area (TPSA) is 127 Å². The van der Waals surface area contributed by atoms with Crippen LogP contribution in [0.5, 0.6) is 0 Å². The largest absolute Gasteiger partial charge is 0.480 e. The summed E-state index contributed by atoms with van der Waals surface area (Å²) in [6, 6.07) is -0.895. The number of rotatable bonds is 2. The summed E-state index contributed by atoms with van der Waals surface area (Å²) in [7, 11) is 0. The summed E-state index contributed by atoms with van der Waals surface area (Å²) in [5.74, 6) is -5.18. The van der Waals surface area contributed by atoms with E-state index in [1.54, 1.807) is 0 Å². The van der Waals surface area contributed by atoms with Gasteiger partial charge in [0.15, 0.2) is 0 Å². The Morgan fingerprint density at radius 2 is 1.87 bits per heavy atom. The Balaban J connectivity index is 2.37. The molecule has 6 N–H and O–H groups in total. The van der Waals surface area contributed by atoms with E-state index in [-0.39, 0.29) is 6.42 Å². The van der Waals surface area contributed by atoms with Crippen molar-refractivity contribution in [2.24, 2.45) is 23.3 Å². The number of carboxylic acids is 2. The lowest BCUT2D eigenvalue weighted by Gasteiger charge is -2.28. The maximum atomic E-state index is 13.8. The molecule has 2 aliphatic rings. The monoisotopic (exact) mass is 218 g/mol. The molecule has 0 aromatic heterocycles. The van der Waals surface area contributed by atoms with Gasteiger partial charge in [-0.1, -0.05) is 0 Å². The number of aliphatic carboxylic acids is 2. The second-order valence-corrected chi connectivity index (χ2v) is 4.24. The van der Waals surface area contributed by atoms with Crippen LogP contribution in [0.25, 0.3) is 0 Å². The highest BCUT2D eigenvalue weighted by molar-refractivity contribution is 5.90. The normalized spacial score (nSPS) is 52.3. The maximum Gasteiger partial charge on any atom is 0.342 e. The van der Waals surface area contributed by atoms with Crippen molar-refractivity contribution in [1.82, 2.24) is 0 Å². The lowest BCUT2D eigenvalue weighted by molar-refractivity contribution is -0.150. The first-order chi connectivity index (χ1) is 6.77. The molecule has 5 atom stereocenters. The van der Waals surface area contributed by atoms with E-state index >= 15 is 0 Å². The predicted molar refractivity (Wildman–Crippen MR) is 45.6 cm³/mol. The molecule has 0 aromatic rings. The molecule has 0 amide bonds. The van der Waals surface area contributed by atoms with Gasteiger partial charge in [-0.25, -0.2) is 9.18 Å². The van der Waals surface area contributed by atoms with E-state index in [4.69, 9.17) is 21.7 Å². The summed E-state index contributed by atoms with van der Waals surface area (Å²) in [6.45, 7) is 0. The summed E-state index contributed by atoms with van der Waals surface area (Å²) in [5, 5.41) is 17.5. The molecule has 7 heteroatoms. The number of carbonyl (C=O) groups is 2. The van der Waals surface area contributed by atoms with Gasteiger partial charge in [0.2, 0.25) is 5.67 Å². The third-order valence-electron chi connectivity index (χ3n) is 3.62. The molecule has 15 heavy (non-hydrogen) atoms. The standard InChI is InChI=1S/C8H11FN2O4/c9-7(5(12)13)2-1-3(10)8(11,4(2)7)6(14)15/h2-4H,1,10-11H2,(H,12,13)(H,14,15)/t2-,3-,4+,7-,8+/m1/s1. The van der Waals surface area contributed by atoms with E-state index in [9.17, 15) is 14.0 Å². The van der Waals surface area contributed by atoms with Gasteiger partial charge in [0.05, 0.1) is 0 Å². The van der Waals surface area contributed by atoms with Crippen molar-refractivity contribution in [1.29, 1.82) is 0 Å². The SMILES string of the molecule is N[C@@H]1C[C@@H]2[C@H]([C@]1(N)C(=O)O)[C@@]2(F)C(=O)O. The molecule has 2 aliphatic carbocycles. The maximum absolute atomic E-state index is 13.8. The molecule has 84 valence electrons. The smallest absolute Gasteiger partial charge is 0.342 e. The van der Waals surface area contributed by atoms with Crippen LogP contribution in [0.3, 0.4) is 0 Å². The lowest BCUT2D eigenvalue weighted by Crippen LogP contribution is -2.62. The zero-order valence-corrected chi connectivity index (χ0v) is 7.68. The predicted octanol–water partition coefficient (Wildman–Crippen LogP) is -1.46. The van der Waals surface area contributed by atoms with E-state index in [0.29, 0.717) is 0 Å². The fourth-order valence-corrected chi connectivity index (χ4v) is 2.70. The molecular weight excluding hydrogens is 207 g/mol. The van der Waals surface area contributed by atoms with Crippen molar-refractivity contribution in [3.63, 3.8) is 0 Å². The van der Waals surface area contributed by atoms with Crippen molar-refractivity contribution in [2.45, 2.75) is 23.7 Å². The second-order valence-electron chi connectivity index (χ2n) is 4.24. The third-order valence-corrected chi connectivity index (χ3v) is 3.62. The molecule has 0 aliphatic heterocycles. The first kappa shape index (κ1) is 10.3. The summed E-state index contributed by atoms with van der Waals surface area (Å²) in [5.41, 5.74) is 6.54. The Morgan fingerprint density at radius 1 is 1.33 bits per heavy atom. The molecule has 6 nitrogen and oxygen atoms in total. The molecule has 2 fully saturated rings. The van der Waals surface area contributed by atoms with Crippen LogP contribution in [0, 0.1) is 11.8 Å². The minimum Gasteiger partial charge on any atom is -0.480 e. The number of hydrogen-bond acceptors (Lipinski definition) is 4. The minimum absolute atomic E-state index is 0.00370. The van der Waals surface area contributed by atoms with E-state index in [1.165, 1.54) is 0 Å². The number of halogens is 1. The second kappa shape index (κ2) is 2.48. The fourth-order valence-electron chi connectivity index (χ4n) is 2.70. The van der Waals surface area contributed by atoms with Crippen LogP contribution in [0.15, 0.2) is 0 Å². The Morgan fingerprint density at radius 3 is 2.27 bits per heavy atom. The van der Waals surface area contributed by atoms with Gasteiger partial charge in [0, 0.05) is 17.9 Å². The van der Waals surface area contributed by atoms with Crippen molar-refractivity contribution in [2.75, 3.05) is 0 Å². The van der Waals surface area contributed by atoms with Gasteiger partial charge >= 0.3 is 11.9 Å². The minimum atomic E-state index is -2.51. The highest BCUT2D eigenvalue weighted by atomic mass is 19.1. The van der Waals surface area contributed by atoms with Gasteiger partial charge in [-0.2, -0.15) is 0 Å². The van der Waals surface area contributed by atoms with E-state index in [1.807, 2.05) is 0 Å². The van der Waals surface area contributed by atoms with Crippen LogP contribution >= 0.6 is 0 Å². The Hall–Kier alpha value is -1.21. The van der Waals surface area contributed by atoms with Crippen molar-refractivity contribution < 1.29 is 24.2 Å². The van der Waals surface area contributed by atoms with Gasteiger partial charge in [0.1, 0.15) is 5.54 Å². The number of alkyl halides is 1. The molecule has 0 heterocycles. The van der Waals surface area contributed by atoms with E-state index < -0.39 is 41.0 Å². The molecule has 2 rings (SSSR count). The molecule has 2 saturated carbocycles. The molecule has 0 bridgehead atoms. The van der Waals surface area contributed by atoms with Gasteiger partial charge in [-0.3, -0.25) is 4.79 Å². The summed E-state index contributed by atoms with van der Waals surface area (Å²) in [4.78, 5) is 21.6. The van der Waals surface area contributed by atoms with Crippen molar-refractivity contribution >= 4 is 11.9 Å². The summed E-state index contributed by atoms with van der Waals surface area (Å²) in [6.07, 6.45) is -0.00370. The molecule has 0 saturated heterocycles. The first-order valence-electron chi connectivity index (χ1n) is 4.47. The van der Waals surface area contributed by atoms with E-state index in [0.717, 1.165) is 0 Å². The first-order valence-corrected chi connectivity index (χ1v) is 4.47. The van der Waals surface area contributed by atoms with E-state index in [2.05, 4.69) is 0 Å². The Labute approximate surface area is 84.0 Å². The van der Waals surface area contributed by atoms with Gasteiger partial charge < -0.3 is 21.7 Å². The van der Waals surface area contributed by atoms with Crippen LogP contribution in [0.4, 0.5) is 4.39 Å². The highest BCUT2D eigenvalue weighted by Gasteiger charge is 2.84. The molecule has 0 spiro atoms. The van der Waals surface area contributed by atoms with Crippen molar-refractivity contribution in [3.8, 4) is 0 Å². The molecule has 0 aromatic carbocycles. The summed E-state index contributed by atoms with van der Waals surface area (Å²) < 4.78 is 13.8. The van der Waals surface area contributed by atoms with Crippen molar-refractivity contribution in [3.05, 3.63) is 0 Å². The Bertz CT molecular complexity index is 363. The fraction of sp³-hybridized carbons (Fsp3) is 0.750. The lowest BCUT2D eigenvalue weighted by atomic mass is 9.87. The quantitative estimate of drug-likeness (QED) is 0.448. The average molecular weight is 218 g/mol. The zero-order chi connectivity index (χ0) is 11.6. The Kier molecular flexibility index (Phi) is 1.70. The van der Waals surface area contributed by atoms with Crippen LogP contribution in [0.1, 0.15) is 6.42 Å². The number of fused-ring (bicyclic) bond motifs is 1. The van der Waals surface area contributed by atoms with Gasteiger partial charge in [0.25, 0.3) is 0 Å². The zero-order valence-electron chi connectivity index (χ0n) is 7.68. The molecule has 0 radical (unpaired) electrons. The van der Waals surface area contributed by atoms with Crippen LogP contribution in [-0.2, 0) is 9.59 Å². The number of carboxylic acid groups (broad SMARTS) is 2. The average Bonchev–Trinajstić information content (AvgIpc) is 2.60. The van der Waals surface area contributed by atoms with Gasteiger partial charge in [-0.05, 0) is 6.42 Å².